The average Bonchev–Trinajstić information content (AvgIpc) is 2.78. The molecule has 15 heavy (non-hydrogen) atoms. The van der Waals surface area contributed by atoms with E-state index >= 15 is 0 Å². The monoisotopic (exact) mass is 206 g/mol. The molecule has 1 aromatic rings. The van der Waals surface area contributed by atoms with Gasteiger partial charge in [-0.25, -0.2) is 0 Å². The van der Waals surface area contributed by atoms with Gasteiger partial charge in [-0.15, -0.1) is 0 Å². The van der Waals surface area contributed by atoms with Crippen LogP contribution in [-0.2, 0) is 0 Å². The Kier molecular flexibility index (Phi) is 2.97. The van der Waals surface area contributed by atoms with Crippen molar-refractivity contribution in [3.63, 3.8) is 0 Å². The molecule has 1 aromatic heterocycles. The summed E-state index contributed by atoms with van der Waals surface area (Å²) in [6.45, 7) is 1.57. The molecular weight excluding hydrogens is 192 g/mol. The molecule has 1 atom stereocenters. The second-order valence-electron chi connectivity index (χ2n) is 3.82. The first-order valence-corrected chi connectivity index (χ1v) is 5.11. The molecule has 2 heterocycles. The minimum absolute atomic E-state index is 0.0355. The third-order valence-corrected chi connectivity index (χ3v) is 2.76. The van der Waals surface area contributed by atoms with Crippen molar-refractivity contribution in [2.45, 2.75) is 6.42 Å². The fourth-order valence-corrected chi connectivity index (χ4v) is 1.84. The van der Waals surface area contributed by atoms with Gasteiger partial charge in [0.2, 0.25) is 0 Å². The standard InChI is InChI=1S/C11H14N2O2/c14-8-9-3-6-13(7-9)11(15)10-1-4-12-5-2-10/h1-2,4-5,9,14H,3,6-8H2/t9-/m1/s1. The van der Waals surface area contributed by atoms with Gasteiger partial charge in [0.05, 0.1) is 0 Å². The van der Waals surface area contributed by atoms with Crippen LogP contribution in [0.3, 0.4) is 0 Å². The third kappa shape index (κ3) is 2.15. The highest BCUT2D eigenvalue weighted by Crippen LogP contribution is 2.17. The van der Waals surface area contributed by atoms with E-state index in [4.69, 9.17) is 5.11 Å². The van der Waals surface area contributed by atoms with Crippen LogP contribution >= 0.6 is 0 Å². The number of rotatable bonds is 2. The summed E-state index contributed by atoms with van der Waals surface area (Å²) >= 11 is 0. The summed E-state index contributed by atoms with van der Waals surface area (Å²) in [5.41, 5.74) is 0.670. The molecule has 1 aliphatic heterocycles. The SMILES string of the molecule is O=C(c1ccncc1)N1CC[C@@H](CO)C1. The minimum Gasteiger partial charge on any atom is -0.396 e. The molecule has 0 bridgehead atoms. The summed E-state index contributed by atoms with van der Waals surface area (Å²) < 4.78 is 0. The number of aliphatic hydroxyl groups excluding tert-OH is 1. The quantitative estimate of drug-likeness (QED) is 0.768. The molecule has 0 unspecified atom stereocenters. The maximum atomic E-state index is 11.9. The topological polar surface area (TPSA) is 53.4 Å². The molecule has 0 radical (unpaired) electrons. The van der Waals surface area contributed by atoms with E-state index in [2.05, 4.69) is 4.98 Å². The Balaban J connectivity index is 2.04. The number of carbonyl (C=O) groups excluding carboxylic acids is 1. The maximum absolute atomic E-state index is 11.9. The smallest absolute Gasteiger partial charge is 0.253 e. The average molecular weight is 206 g/mol. The van der Waals surface area contributed by atoms with Gasteiger partial charge in [0.25, 0.3) is 5.91 Å². The highest BCUT2D eigenvalue weighted by molar-refractivity contribution is 5.94. The predicted octanol–water partition coefficient (Wildman–Crippen LogP) is 0.536. The summed E-state index contributed by atoms with van der Waals surface area (Å²) in [7, 11) is 0. The minimum atomic E-state index is 0.0355. The molecule has 80 valence electrons. The molecule has 0 aromatic carbocycles. The summed E-state index contributed by atoms with van der Waals surface area (Å²) in [5.74, 6) is 0.282. The lowest BCUT2D eigenvalue weighted by molar-refractivity contribution is 0.0782. The molecule has 0 aliphatic carbocycles. The summed E-state index contributed by atoms with van der Waals surface area (Å²) in [4.78, 5) is 17.6. The Morgan fingerprint density at radius 2 is 2.27 bits per heavy atom. The van der Waals surface area contributed by atoms with E-state index in [1.807, 2.05) is 0 Å². The zero-order chi connectivity index (χ0) is 10.7. The van der Waals surface area contributed by atoms with Crippen LogP contribution in [0.1, 0.15) is 16.8 Å². The molecule has 1 N–H and O–H groups in total. The lowest BCUT2D eigenvalue weighted by Gasteiger charge is -2.15. The fourth-order valence-electron chi connectivity index (χ4n) is 1.84. The Bertz CT molecular complexity index is 340. The number of pyridine rings is 1. The number of amides is 1. The number of aromatic nitrogens is 1. The van der Waals surface area contributed by atoms with E-state index in [9.17, 15) is 4.79 Å². The first-order chi connectivity index (χ1) is 7.31. The largest absolute Gasteiger partial charge is 0.396 e. The first-order valence-electron chi connectivity index (χ1n) is 5.11. The van der Waals surface area contributed by atoms with Crippen molar-refractivity contribution in [3.05, 3.63) is 30.1 Å². The van der Waals surface area contributed by atoms with E-state index in [1.54, 1.807) is 29.4 Å². The lowest BCUT2D eigenvalue weighted by Crippen LogP contribution is -2.29. The highest BCUT2D eigenvalue weighted by Gasteiger charge is 2.26. The van der Waals surface area contributed by atoms with Crippen LogP contribution in [0, 0.1) is 5.92 Å². The number of likely N-dealkylation sites (tertiary alicyclic amines) is 1. The Labute approximate surface area is 88.6 Å². The third-order valence-electron chi connectivity index (χ3n) is 2.76. The van der Waals surface area contributed by atoms with Gasteiger partial charge in [0, 0.05) is 43.6 Å². The zero-order valence-corrected chi connectivity index (χ0v) is 8.47. The second kappa shape index (κ2) is 4.40. The van der Waals surface area contributed by atoms with Gasteiger partial charge in [-0.1, -0.05) is 0 Å². The van der Waals surface area contributed by atoms with Gasteiger partial charge < -0.3 is 10.0 Å². The fraction of sp³-hybridized carbons (Fsp3) is 0.455. The molecule has 1 aliphatic rings. The Morgan fingerprint density at radius 3 is 2.87 bits per heavy atom. The molecule has 1 saturated heterocycles. The molecule has 0 saturated carbocycles. The Hall–Kier alpha value is -1.42. The second-order valence-corrected chi connectivity index (χ2v) is 3.82. The molecular formula is C11H14N2O2. The van der Waals surface area contributed by atoms with E-state index < -0.39 is 0 Å². The van der Waals surface area contributed by atoms with Gasteiger partial charge >= 0.3 is 0 Å². The van der Waals surface area contributed by atoms with Crippen LogP contribution in [0.4, 0.5) is 0 Å². The molecule has 0 spiro atoms. The summed E-state index contributed by atoms with van der Waals surface area (Å²) in [6, 6.07) is 3.43. The van der Waals surface area contributed by atoms with Crippen molar-refractivity contribution in [1.29, 1.82) is 0 Å². The van der Waals surface area contributed by atoms with Gasteiger partial charge in [0.1, 0.15) is 0 Å². The lowest BCUT2D eigenvalue weighted by atomic mass is 10.1. The van der Waals surface area contributed by atoms with Gasteiger partial charge in [-0.2, -0.15) is 0 Å². The normalized spacial score (nSPS) is 20.6. The van der Waals surface area contributed by atoms with Crippen LogP contribution in [0.5, 0.6) is 0 Å². The van der Waals surface area contributed by atoms with Crippen molar-refractivity contribution >= 4 is 5.91 Å². The number of hydrogen-bond donors (Lipinski definition) is 1. The first kappa shape index (κ1) is 10.1. The van der Waals surface area contributed by atoms with E-state index in [1.165, 1.54) is 0 Å². The van der Waals surface area contributed by atoms with Crippen molar-refractivity contribution < 1.29 is 9.90 Å². The van der Waals surface area contributed by atoms with Gasteiger partial charge in [0.15, 0.2) is 0 Å². The number of nitrogens with zero attached hydrogens (tertiary/aromatic N) is 2. The van der Waals surface area contributed by atoms with Crippen LogP contribution < -0.4 is 0 Å². The Morgan fingerprint density at radius 1 is 1.53 bits per heavy atom. The van der Waals surface area contributed by atoms with Crippen LogP contribution in [0.25, 0.3) is 0 Å². The predicted molar refractivity (Wildman–Crippen MR) is 55.3 cm³/mol. The molecule has 1 fully saturated rings. The van der Waals surface area contributed by atoms with Crippen LogP contribution in [0.15, 0.2) is 24.5 Å². The molecule has 2 rings (SSSR count). The molecule has 4 heteroatoms. The highest BCUT2D eigenvalue weighted by atomic mass is 16.3. The van der Waals surface area contributed by atoms with E-state index in [0.717, 1.165) is 13.0 Å². The van der Waals surface area contributed by atoms with Crippen molar-refractivity contribution in [2.75, 3.05) is 19.7 Å². The molecule has 4 nitrogen and oxygen atoms in total. The number of hydrogen-bond acceptors (Lipinski definition) is 3. The zero-order valence-electron chi connectivity index (χ0n) is 8.47. The molecule has 1 amide bonds. The van der Waals surface area contributed by atoms with Gasteiger partial charge in [-0.05, 0) is 18.6 Å². The summed E-state index contributed by atoms with van der Waals surface area (Å²) in [6.07, 6.45) is 4.13. The van der Waals surface area contributed by atoms with Crippen molar-refractivity contribution in [2.24, 2.45) is 5.92 Å². The number of aliphatic hydroxyl groups is 1. The van der Waals surface area contributed by atoms with E-state index in [-0.39, 0.29) is 18.4 Å². The van der Waals surface area contributed by atoms with Crippen LogP contribution in [-0.4, -0.2) is 40.6 Å². The van der Waals surface area contributed by atoms with Crippen molar-refractivity contribution in [1.82, 2.24) is 9.88 Å². The van der Waals surface area contributed by atoms with E-state index in [0.29, 0.717) is 12.1 Å². The maximum Gasteiger partial charge on any atom is 0.253 e. The number of carbonyl (C=O) groups is 1. The van der Waals surface area contributed by atoms with Crippen molar-refractivity contribution in [3.8, 4) is 0 Å². The van der Waals surface area contributed by atoms with Gasteiger partial charge in [-0.3, -0.25) is 9.78 Å². The van der Waals surface area contributed by atoms with Crippen LogP contribution in [0.2, 0.25) is 0 Å². The summed E-state index contributed by atoms with van der Waals surface area (Å²) in [5, 5.41) is 8.99.